The lowest BCUT2D eigenvalue weighted by molar-refractivity contribution is -0.325. The number of ketones is 1. The highest BCUT2D eigenvalue weighted by molar-refractivity contribution is 5.98. The number of carbonyl (C=O) groups excluding carboxylic acids is 1. The molecule has 0 radical (unpaired) electrons. The summed E-state index contributed by atoms with van der Waals surface area (Å²) in [7, 11) is 0. The summed E-state index contributed by atoms with van der Waals surface area (Å²) in [6.07, 6.45) is -6.73. The van der Waals surface area contributed by atoms with Crippen LogP contribution in [-0.4, -0.2) is 91.5 Å². The second-order valence-electron chi connectivity index (χ2n) is 12.4. The highest BCUT2D eigenvalue weighted by Crippen LogP contribution is 2.62. The van der Waals surface area contributed by atoms with Gasteiger partial charge in [0, 0.05) is 30.3 Å². The van der Waals surface area contributed by atoms with Crippen molar-refractivity contribution in [3.63, 3.8) is 0 Å². The Morgan fingerprint density at radius 1 is 1.09 bits per heavy atom. The van der Waals surface area contributed by atoms with Gasteiger partial charge in [-0.3, -0.25) is 4.79 Å². The largest absolute Gasteiger partial charge is 0.394 e. The first-order valence-electron chi connectivity index (χ1n) is 12.8. The molecule has 1 heterocycles. The molecule has 0 bridgehead atoms. The summed E-state index contributed by atoms with van der Waals surface area (Å²) in [5, 5.41) is 63.2. The van der Waals surface area contributed by atoms with E-state index in [9.17, 15) is 35.4 Å². The first-order chi connectivity index (χ1) is 16.2. The molecule has 0 amide bonds. The number of Topliss-reactive ketones (excluding diaryl/α,β-unsaturated/α-hetero) is 1. The Hall–Kier alpha value is -0.910. The molecule has 1 aliphatic heterocycles. The smallest absolute Gasteiger partial charge is 0.187 e. The quantitative estimate of drug-likeness (QED) is 0.323. The van der Waals surface area contributed by atoms with Crippen LogP contribution in [0.1, 0.15) is 66.7 Å². The minimum absolute atomic E-state index is 0.0538. The fourth-order valence-corrected chi connectivity index (χ4v) is 7.21. The molecule has 6 N–H and O–H groups in total. The summed E-state index contributed by atoms with van der Waals surface area (Å²) in [4.78, 5) is 13.4. The average Bonchev–Trinajstić information content (AvgIpc) is 2.77. The molecule has 10 atom stereocenters. The van der Waals surface area contributed by atoms with Gasteiger partial charge in [0.15, 0.2) is 12.1 Å². The van der Waals surface area contributed by atoms with Crippen molar-refractivity contribution in [3.05, 3.63) is 11.1 Å². The molecule has 4 aliphatic rings. The number of carbonyl (C=O) groups is 1. The molecule has 1 saturated carbocycles. The van der Waals surface area contributed by atoms with E-state index >= 15 is 0 Å². The monoisotopic (exact) mass is 498 g/mol. The van der Waals surface area contributed by atoms with Crippen molar-refractivity contribution < 1.29 is 44.9 Å². The van der Waals surface area contributed by atoms with Crippen molar-refractivity contribution in [3.8, 4) is 0 Å². The van der Waals surface area contributed by atoms with Crippen molar-refractivity contribution in [2.24, 2.45) is 22.7 Å². The summed E-state index contributed by atoms with van der Waals surface area (Å²) in [6.45, 7) is 9.41. The topological polar surface area (TPSA) is 157 Å². The lowest BCUT2D eigenvalue weighted by Crippen LogP contribution is -2.63. The van der Waals surface area contributed by atoms with Gasteiger partial charge in [-0.05, 0) is 35.7 Å². The molecule has 0 aromatic carbocycles. The van der Waals surface area contributed by atoms with Crippen LogP contribution in [0.4, 0.5) is 0 Å². The van der Waals surface area contributed by atoms with Crippen LogP contribution in [0, 0.1) is 22.7 Å². The molecule has 3 aliphatic carbocycles. The molecule has 0 spiro atoms. The van der Waals surface area contributed by atoms with Gasteiger partial charge >= 0.3 is 0 Å². The Morgan fingerprint density at radius 3 is 2.34 bits per heavy atom. The van der Waals surface area contributed by atoms with Gasteiger partial charge in [-0.2, -0.15) is 0 Å². The van der Waals surface area contributed by atoms with Crippen LogP contribution < -0.4 is 0 Å². The number of fused-ring (bicyclic) bond motifs is 2. The van der Waals surface area contributed by atoms with E-state index in [-0.39, 0.29) is 42.3 Å². The highest BCUT2D eigenvalue weighted by atomic mass is 16.7. The van der Waals surface area contributed by atoms with Gasteiger partial charge in [0.25, 0.3) is 0 Å². The molecule has 2 fully saturated rings. The second kappa shape index (κ2) is 9.13. The molecule has 35 heavy (non-hydrogen) atoms. The van der Waals surface area contributed by atoms with Crippen LogP contribution in [0.5, 0.6) is 0 Å². The molecular weight excluding hydrogens is 456 g/mol. The molecular formula is C26H42O9. The van der Waals surface area contributed by atoms with Gasteiger partial charge in [0.1, 0.15) is 24.4 Å². The minimum atomic E-state index is -1.56. The number of ether oxygens (including phenoxy) is 2. The molecule has 0 aromatic heterocycles. The van der Waals surface area contributed by atoms with Gasteiger partial charge in [0.2, 0.25) is 0 Å². The third kappa shape index (κ3) is 4.22. The van der Waals surface area contributed by atoms with E-state index in [2.05, 4.69) is 13.8 Å². The third-order valence-electron chi connectivity index (χ3n) is 9.60. The number of aliphatic hydroxyl groups excluding tert-OH is 5. The average molecular weight is 499 g/mol. The zero-order valence-electron chi connectivity index (χ0n) is 21.3. The van der Waals surface area contributed by atoms with E-state index in [1.165, 1.54) is 0 Å². The number of rotatable bonds is 4. The first kappa shape index (κ1) is 27.1. The highest BCUT2D eigenvalue weighted by Gasteiger charge is 2.62. The molecule has 9 heteroatoms. The summed E-state index contributed by atoms with van der Waals surface area (Å²) in [5.74, 6) is -0.361. The van der Waals surface area contributed by atoms with E-state index in [4.69, 9.17) is 9.47 Å². The van der Waals surface area contributed by atoms with Crippen LogP contribution in [0.15, 0.2) is 11.1 Å². The normalized spacial score (nSPS) is 48.1. The number of aliphatic hydroxyl groups is 6. The molecule has 1 saturated heterocycles. The lowest BCUT2D eigenvalue weighted by atomic mass is 9.46. The standard InChI is InChI=1S/C26H42O9/c1-12(2)26(33)9-13-14(28)8-17-24(3,4)7-6-18(25(17,5)19(13)15(29)10-26)35-23-22(32)21(31)20(30)16(11-27)34-23/h12,15-18,20-23,27,29-33H,6-11H2,1-5H3/t15-,16-,17+,18+,20-,21+,22-,23+,25-,26-/m1/s1. The van der Waals surface area contributed by atoms with Gasteiger partial charge in [-0.15, -0.1) is 0 Å². The van der Waals surface area contributed by atoms with E-state index in [1.54, 1.807) is 0 Å². The Kier molecular flexibility index (Phi) is 7.08. The van der Waals surface area contributed by atoms with Crippen LogP contribution in [0.25, 0.3) is 0 Å². The molecule has 0 unspecified atom stereocenters. The maximum atomic E-state index is 13.4. The summed E-state index contributed by atoms with van der Waals surface area (Å²) < 4.78 is 12.0. The first-order valence-corrected chi connectivity index (χ1v) is 12.8. The molecule has 9 nitrogen and oxygen atoms in total. The molecule has 200 valence electrons. The number of hydrogen-bond acceptors (Lipinski definition) is 9. The van der Waals surface area contributed by atoms with Gasteiger partial charge in [-0.25, -0.2) is 0 Å². The zero-order chi connectivity index (χ0) is 26.1. The van der Waals surface area contributed by atoms with Crippen LogP contribution in [0.3, 0.4) is 0 Å². The minimum Gasteiger partial charge on any atom is -0.394 e. The van der Waals surface area contributed by atoms with Gasteiger partial charge in [-0.1, -0.05) is 34.6 Å². The predicted octanol–water partition coefficient (Wildman–Crippen LogP) is 0.425. The SMILES string of the molecule is CC(C)[C@@]1(O)CC2=C([C@H](O)C1)[C@@]1(C)[C@@H](O[C@@H]3O[C@H](CO)[C@@H](O)[C@H](O)[C@H]3O)CCC(C)(C)[C@@H]1CC2=O. The van der Waals surface area contributed by atoms with Crippen molar-refractivity contribution in [1.82, 2.24) is 0 Å². The summed E-state index contributed by atoms with van der Waals surface area (Å²) in [5.41, 5.74) is -1.13. The number of hydrogen-bond donors (Lipinski definition) is 6. The van der Waals surface area contributed by atoms with Crippen LogP contribution in [0.2, 0.25) is 0 Å². The Balaban J connectivity index is 1.75. The second-order valence-corrected chi connectivity index (χ2v) is 12.4. The Morgan fingerprint density at radius 2 is 1.74 bits per heavy atom. The van der Waals surface area contributed by atoms with Gasteiger partial charge in [0.05, 0.1) is 24.4 Å². The van der Waals surface area contributed by atoms with E-state index in [1.807, 2.05) is 20.8 Å². The van der Waals surface area contributed by atoms with Gasteiger partial charge < -0.3 is 40.1 Å². The summed E-state index contributed by atoms with van der Waals surface area (Å²) in [6, 6.07) is 0. The molecule has 0 aromatic rings. The Bertz CT molecular complexity index is 867. The van der Waals surface area contributed by atoms with Crippen molar-refractivity contribution in [2.45, 2.75) is 115 Å². The maximum absolute atomic E-state index is 13.4. The molecule has 4 rings (SSSR count). The predicted molar refractivity (Wildman–Crippen MR) is 125 cm³/mol. The Labute approximate surface area is 206 Å². The van der Waals surface area contributed by atoms with E-state index < -0.39 is 60.5 Å². The van der Waals surface area contributed by atoms with Crippen LogP contribution in [-0.2, 0) is 14.3 Å². The van der Waals surface area contributed by atoms with Crippen LogP contribution >= 0.6 is 0 Å². The van der Waals surface area contributed by atoms with Crippen molar-refractivity contribution >= 4 is 5.78 Å². The van der Waals surface area contributed by atoms with E-state index in [0.717, 1.165) is 6.42 Å². The maximum Gasteiger partial charge on any atom is 0.187 e. The fraction of sp³-hybridized carbons (Fsp3) is 0.885. The van der Waals surface area contributed by atoms with E-state index in [0.29, 0.717) is 17.6 Å². The fourth-order valence-electron chi connectivity index (χ4n) is 7.21. The van der Waals surface area contributed by atoms with Crippen molar-refractivity contribution in [1.29, 1.82) is 0 Å². The van der Waals surface area contributed by atoms with Crippen molar-refractivity contribution in [2.75, 3.05) is 6.61 Å². The summed E-state index contributed by atoms with van der Waals surface area (Å²) >= 11 is 0. The third-order valence-corrected chi connectivity index (χ3v) is 9.60. The lowest BCUT2D eigenvalue weighted by Gasteiger charge is -2.60. The zero-order valence-corrected chi connectivity index (χ0v) is 21.3.